The van der Waals surface area contributed by atoms with Crippen molar-refractivity contribution in [2.24, 2.45) is 0 Å². The molecule has 3 heterocycles. The standard InChI is InChI=1S/3C17H16N2O3.Tb/c3*1-3-11-5-7-12(8-6-11)13-9-14(16(20)18-4-2)19-15(10-13)17(21)22;/h3*3,5-10H,1,4H2,2H3,(H,18,20)(H,21,22);. The molecule has 15 nitrogen and oxygen atoms in total. The molecule has 0 aliphatic heterocycles. The van der Waals surface area contributed by atoms with E-state index in [1.54, 1.807) is 57.2 Å². The summed E-state index contributed by atoms with van der Waals surface area (Å²) in [6.07, 6.45) is 5.16. The van der Waals surface area contributed by atoms with Gasteiger partial charge in [0.25, 0.3) is 17.7 Å². The summed E-state index contributed by atoms with van der Waals surface area (Å²) in [5, 5.41) is 35.4. The van der Waals surface area contributed by atoms with Gasteiger partial charge < -0.3 is 31.3 Å². The van der Waals surface area contributed by atoms with Gasteiger partial charge in [-0.3, -0.25) is 14.4 Å². The van der Waals surface area contributed by atoms with Crippen LogP contribution in [0.25, 0.3) is 51.6 Å². The fourth-order valence-electron chi connectivity index (χ4n) is 5.96. The third-order valence-electron chi connectivity index (χ3n) is 9.28. The van der Waals surface area contributed by atoms with Crippen molar-refractivity contribution in [3.8, 4) is 33.4 Å². The topological polar surface area (TPSA) is 238 Å². The maximum absolute atomic E-state index is 11.9. The van der Waals surface area contributed by atoms with Crippen molar-refractivity contribution >= 4 is 53.9 Å². The number of nitrogens with zero attached hydrogens (tertiary/aromatic N) is 3. The van der Waals surface area contributed by atoms with E-state index in [0.29, 0.717) is 36.3 Å². The number of nitrogens with one attached hydrogen (secondary N) is 3. The maximum Gasteiger partial charge on any atom is 0.354 e. The Morgan fingerprint density at radius 3 is 0.791 bits per heavy atom. The monoisotopic (exact) mass is 1050 g/mol. The SMILES string of the molecule is C=Cc1ccc(-c2cc(C(=O)O)nc(C(=O)NCC)c2)cc1.C=Cc1ccc(-c2cc(C(=O)O)nc(C(=O)NCC)c2)cc1.C=Cc1ccc(-c2cc(C(=O)O)nc(C(=O)NCC)c2)cc1.[Tb]. The molecule has 16 heteroatoms. The minimum Gasteiger partial charge on any atom is -0.477 e. The van der Waals surface area contributed by atoms with Crippen LogP contribution in [0.4, 0.5) is 0 Å². The van der Waals surface area contributed by atoms with Gasteiger partial charge in [-0.2, -0.15) is 0 Å². The molecule has 0 atom stereocenters. The Hall–Kier alpha value is -7.56. The van der Waals surface area contributed by atoms with E-state index in [4.69, 9.17) is 15.3 Å². The van der Waals surface area contributed by atoms with E-state index < -0.39 is 35.6 Å². The Labute approximate surface area is 418 Å². The zero-order chi connectivity index (χ0) is 48.3. The van der Waals surface area contributed by atoms with Crippen LogP contribution in [0.2, 0.25) is 0 Å². The number of carbonyl (C=O) groups is 6. The van der Waals surface area contributed by atoms with Crippen LogP contribution in [0.3, 0.4) is 0 Å². The number of amides is 3. The van der Waals surface area contributed by atoms with E-state index >= 15 is 0 Å². The Morgan fingerprint density at radius 2 is 0.612 bits per heavy atom. The zero-order valence-corrected chi connectivity index (χ0v) is 39.0. The predicted octanol–water partition coefficient (Wildman–Crippen LogP) is 8.52. The number of rotatable bonds is 15. The minimum absolute atomic E-state index is 0. The van der Waals surface area contributed by atoms with Crippen molar-refractivity contribution in [1.82, 2.24) is 30.9 Å². The second kappa shape index (κ2) is 26.4. The summed E-state index contributed by atoms with van der Waals surface area (Å²) in [4.78, 5) is 81.1. The quantitative estimate of drug-likeness (QED) is 0.0568. The summed E-state index contributed by atoms with van der Waals surface area (Å²) < 4.78 is 0. The summed E-state index contributed by atoms with van der Waals surface area (Å²) in [7, 11) is 0. The van der Waals surface area contributed by atoms with Crippen LogP contribution in [0.15, 0.2) is 129 Å². The number of aromatic carboxylic acids is 3. The van der Waals surface area contributed by atoms with Crippen molar-refractivity contribution in [3.63, 3.8) is 0 Å². The second-order valence-electron chi connectivity index (χ2n) is 13.9. The normalized spacial score (nSPS) is 9.90. The van der Waals surface area contributed by atoms with Crippen LogP contribution < -0.4 is 16.0 Å². The molecule has 0 saturated heterocycles. The van der Waals surface area contributed by atoms with Gasteiger partial charge in [0.2, 0.25) is 0 Å². The van der Waals surface area contributed by atoms with Crippen LogP contribution in [-0.2, 0) is 0 Å². The Bertz CT molecular complexity index is 2470. The van der Waals surface area contributed by atoms with Crippen LogP contribution in [0.5, 0.6) is 0 Å². The van der Waals surface area contributed by atoms with Crippen LogP contribution >= 0.6 is 0 Å². The summed E-state index contributed by atoms with van der Waals surface area (Å²) in [6.45, 7) is 17.8. The van der Waals surface area contributed by atoms with Gasteiger partial charge in [-0.05, 0) is 107 Å². The molecule has 0 unspecified atom stereocenters. The van der Waals surface area contributed by atoms with Crippen molar-refractivity contribution in [2.75, 3.05) is 19.6 Å². The van der Waals surface area contributed by atoms with Crippen molar-refractivity contribution in [2.45, 2.75) is 20.8 Å². The third-order valence-corrected chi connectivity index (χ3v) is 9.28. The number of carbonyl (C=O) groups excluding carboxylic acids is 3. The smallest absolute Gasteiger partial charge is 0.354 e. The molecule has 3 aromatic heterocycles. The van der Waals surface area contributed by atoms with E-state index in [0.717, 1.165) is 33.4 Å². The second-order valence-corrected chi connectivity index (χ2v) is 13.9. The molecular formula is C51H48N6O9Tb. The average Bonchev–Trinajstić information content (AvgIpc) is 3.34. The fraction of sp³-hybridized carbons (Fsp3) is 0.118. The number of hydrogen-bond donors (Lipinski definition) is 6. The molecule has 0 fully saturated rings. The average molecular weight is 1050 g/mol. The number of aromatic nitrogens is 3. The zero-order valence-electron chi connectivity index (χ0n) is 36.8. The van der Waals surface area contributed by atoms with E-state index in [-0.39, 0.29) is 72.8 Å². The van der Waals surface area contributed by atoms with E-state index in [2.05, 4.69) is 50.6 Å². The van der Waals surface area contributed by atoms with Crippen molar-refractivity contribution in [1.29, 1.82) is 0 Å². The van der Waals surface area contributed by atoms with Crippen molar-refractivity contribution < 1.29 is 82.7 Å². The van der Waals surface area contributed by atoms with Gasteiger partial charge in [0.1, 0.15) is 34.2 Å². The van der Waals surface area contributed by atoms with Gasteiger partial charge in [-0.15, -0.1) is 0 Å². The first-order valence-corrected chi connectivity index (χ1v) is 20.4. The molecule has 6 N–H and O–H groups in total. The first-order valence-electron chi connectivity index (χ1n) is 20.4. The summed E-state index contributed by atoms with van der Waals surface area (Å²) in [5.41, 5.74) is 6.96. The molecular weight excluding hydrogens is 1000 g/mol. The van der Waals surface area contributed by atoms with Crippen LogP contribution in [-0.4, -0.2) is 85.5 Å². The maximum atomic E-state index is 11.9. The molecule has 1 radical (unpaired) electrons. The van der Waals surface area contributed by atoms with Crippen molar-refractivity contribution in [3.05, 3.63) is 180 Å². The first kappa shape index (κ1) is 53.8. The number of hydrogen-bond acceptors (Lipinski definition) is 9. The Balaban J connectivity index is 0.000000264. The molecule has 6 rings (SSSR count). The molecule has 3 aromatic carbocycles. The molecule has 0 saturated carbocycles. The van der Waals surface area contributed by atoms with E-state index in [9.17, 15) is 28.8 Å². The Kier molecular flexibility index (Phi) is 21.2. The fourth-order valence-corrected chi connectivity index (χ4v) is 5.96. The number of benzene rings is 3. The molecule has 0 aliphatic rings. The molecule has 345 valence electrons. The number of pyridine rings is 3. The van der Waals surface area contributed by atoms with Gasteiger partial charge in [0.15, 0.2) is 0 Å². The Morgan fingerprint density at radius 1 is 0.403 bits per heavy atom. The first-order chi connectivity index (χ1) is 31.6. The van der Waals surface area contributed by atoms with Gasteiger partial charge in [-0.1, -0.05) is 111 Å². The summed E-state index contributed by atoms with van der Waals surface area (Å²) in [5.74, 6) is -4.70. The third kappa shape index (κ3) is 15.5. The van der Waals surface area contributed by atoms with Gasteiger partial charge in [-0.25, -0.2) is 29.3 Å². The molecule has 0 spiro atoms. The molecule has 67 heavy (non-hydrogen) atoms. The number of carboxylic acid groups (broad SMARTS) is 3. The summed E-state index contributed by atoms with van der Waals surface area (Å²) >= 11 is 0. The van der Waals surface area contributed by atoms with Gasteiger partial charge in [0.05, 0.1) is 0 Å². The van der Waals surface area contributed by atoms with E-state index in [1.165, 1.54) is 18.2 Å². The minimum atomic E-state index is -1.17. The molecule has 6 aromatic rings. The largest absolute Gasteiger partial charge is 0.477 e. The molecule has 3 amide bonds. The van der Waals surface area contributed by atoms with Gasteiger partial charge in [0, 0.05) is 58.2 Å². The van der Waals surface area contributed by atoms with E-state index in [1.807, 2.05) is 72.8 Å². The molecule has 0 bridgehead atoms. The van der Waals surface area contributed by atoms with Crippen LogP contribution in [0, 0.1) is 38.6 Å². The molecule has 0 aliphatic carbocycles. The van der Waals surface area contributed by atoms with Crippen LogP contribution in [0.1, 0.15) is 100 Å². The number of carboxylic acids is 3. The van der Waals surface area contributed by atoms with Gasteiger partial charge >= 0.3 is 17.9 Å². The summed E-state index contributed by atoms with van der Waals surface area (Å²) in [6, 6.07) is 31.4. The predicted molar refractivity (Wildman–Crippen MR) is 254 cm³/mol.